The zero-order chi connectivity index (χ0) is 19.1. The minimum Gasteiger partial charge on any atom is -0.490 e. The van der Waals surface area contributed by atoms with E-state index in [1.165, 1.54) is 25.9 Å². The van der Waals surface area contributed by atoms with E-state index in [1.54, 1.807) is 0 Å². The van der Waals surface area contributed by atoms with Crippen LogP contribution in [0.25, 0.3) is 0 Å². The molecule has 8 heteroatoms. The van der Waals surface area contributed by atoms with Crippen molar-refractivity contribution < 1.29 is 9.53 Å². The molecule has 6 nitrogen and oxygen atoms in total. The van der Waals surface area contributed by atoms with Gasteiger partial charge in [0.05, 0.1) is 0 Å². The summed E-state index contributed by atoms with van der Waals surface area (Å²) in [4.78, 5) is 17.3. The summed E-state index contributed by atoms with van der Waals surface area (Å²) >= 11 is 0. The van der Waals surface area contributed by atoms with Crippen molar-refractivity contribution in [3.05, 3.63) is 29.8 Å². The molecule has 166 valence electrons. The van der Waals surface area contributed by atoms with Gasteiger partial charge in [0.2, 0.25) is 0 Å². The first-order valence-corrected chi connectivity index (χ1v) is 10.3. The van der Waals surface area contributed by atoms with Crippen LogP contribution in [0, 0.1) is 0 Å². The van der Waals surface area contributed by atoms with Crippen LogP contribution >= 0.6 is 24.8 Å². The van der Waals surface area contributed by atoms with E-state index in [0.717, 1.165) is 44.3 Å². The van der Waals surface area contributed by atoms with E-state index in [2.05, 4.69) is 27.5 Å². The Morgan fingerprint density at radius 1 is 1.07 bits per heavy atom. The molecule has 2 fully saturated rings. The molecule has 0 atom stereocenters. The molecule has 2 saturated heterocycles. The number of piperidine rings is 2. The van der Waals surface area contributed by atoms with Crippen LogP contribution in [0.3, 0.4) is 0 Å². The maximum atomic E-state index is 12.2. The second-order valence-electron chi connectivity index (χ2n) is 7.77. The Hall–Kier alpha value is -1.05. The average Bonchev–Trinajstić information content (AvgIpc) is 2.70. The van der Waals surface area contributed by atoms with Crippen molar-refractivity contribution in [2.45, 2.75) is 37.8 Å². The van der Waals surface area contributed by atoms with Gasteiger partial charge in [-0.1, -0.05) is 6.07 Å². The topological polar surface area (TPSA) is 56.8 Å². The molecular weight excluding hydrogens is 411 g/mol. The van der Waals surface area contributed by atoms with Crippen molar-refractivity contribution in [1.29, 1.82) is 0 Å². The number of rotatable bonds is 7. The lowest BCUT2D eigenvalue weighted by Crippen LogP contribution is -2.48. The van der Waals surface area contributed by atoms with Gasteiger partial charge in [-0.25, -0.2) is 0 Å². The maximum Gasteiger partial charge on any atom is 0.251 e. The second kappa shape index (κ2) is 13.3. The smallest absolute Gasteiger partial charge is 0.251 e. The molecule has 1 aromatic carbocycles. The minimum atomic E-state index is -0.0483. The Bertz CT molecular complexity index is 604. The van der Waals surface area contributed by atoms with E-state index >= 15 is 0 Å². The highest BCUT2D eigenvalue weighted by molar-refractivity contribution is 5.94. The van der Waals surface area contributed by atoms with Crippen LogP contribution in [0.5, 0.6) is 5.75 Å². The number of benzene rings is 1. The predicted molar refractivity (Wildman–Crippen MR) is 123 cm³/mol. The van der Waals surface area contributed by atoms with E-state index in [-0.39, 0.29) is 36.8 Å². The molecule has 3 rings (SSSR count). The zero-order valence-corrected chi connectivity index (χ0v) is 19.2. The number of nitrogens with one attached hydrogen (secondary N) is 2. The van der Waals surface area contributed by atoms with Crippen molar-refractivity contribution >= 4 is 30.7 Å². The molecule has 0 unspecified atom stereocenters. The average molecular weight is 447 g/mol. The fraction of sp³-hybridized carbons (Fsp3) is 0.667. The first kappa shape index (κ1) is 26.0. The fourth-order valence-corrected chi connectivity index (χ4v) is 4.03. The Morgan fingerprint density at radius 3 is 2.41 bits per heavy atom. The van der Waals surface area contributed by atoms with Crippen molar-refractivity contribution in [3.63, 3.8) is 0 Å². The molecule has 2 heterocycles. The molecule has 0 bridgehead atoms. The summed E-state index contributed by atoms with van der Waals surface area (Å²) in [5.41, 5.74) is 0.660. The number of likely N-dealkylation sites (N-methyl/N-ethyl adjacent to an activating group) is 1. The Balaban J connectivity index is 0.00000210. The first-order chi connectivity index (χ1) is 13.2. The molecule has 1 aromatic rings. The molecular formula is C21H36Cl2N4O2. The van der Waals surface area contributed by atoms with Crippen LogP contribution in [0.4, 0.5) is 0 Å². The third-order valence-electron chi connectivity index (χ3n) is 5.74. The molecule has 0 radical (unpaired) electrons. The van der Waals surface area contributed by atoms with Gasteiger partial charge in [0.1, 0.15) is 11.9 Å². The summed E-state index contributed by atoms with van der Waals surface area (Å²) in [6, 6.07) is 8.29. The number of amides is 1. The summed E-state index contributed by atoms with van der Waals surface area (Å²) in [6.45, 7) is 6.04. The summed E-state index contributed by atoms with van der Waals surface area (Å²) < 4.78 is 6.20. The number of halogens is 2. The third kappa shape index (κ3) is 7.95. The molecule has 2 N–H and O–H groups in total. The molecule has 0 aliphatic carbocycles. The first-order valence-electron chi connectivity index (χ1n) is 10.3. The van der Waals surface area contributed by atoms with Gasteiger partial charge in [-0.3, -0.25) is 4.79 Å². The van der Waals surface area contributed by atoms with Gasteiger partial charge in [0, 0.05) is 37.8 Å². The van der Waals surface area contributed by atoms with Crippen molar-refractivity contribution in [2.75, 3.05) is 53.4 Å². The van der Waals surface area contributed by atoms with Gasteiger partial charge in [0.25, 0.3) is 5.91 Å². The van der Waals surface area contributed by atoms with Gasteiger partial charge in [0.15, 0.2) is 0 Å². The highest BCUT2D eigenvalue weighted by Crippen LogP contribution is 2.24. The van der Waals surface area contributed by atoms with Crippen LogP contribution in [-0.2, 0) is 0 Å². The second-order valence-corrected chi connectivity index (χ2v) is 7.77. The largest absolute Gasteiger partial charge is 0.490 e. The molecule has 1 amide bonds. The van der Waals surface area contributed by atoms with Gasteiger partial charge in [-0.2, -0.15) is 0 Å². The highest BCUT2D eigenvalue weighted by atomic mass is 35.5. The minimum absolute atomic E-state index is 0. The molecule has 2 aliphatic heterocycles. The van der Waals surface area contributed by atoms with Gasteiger partial charge in [-0.15, -0.1) is 24.8 Å². The number of carbonyl (C=O) groups excluding carboxylic acids is 1. The Morgan fingerprint density at radius 2 is 1.76 bits per heavy atom. The van der Waals surface area contributed by atoms with Crippen LogP contribution in [-0.4, -0.2) is 81.2 Å². The number of likely N-dealkylation sites (tertiary alicyclic amines) is 2. The van der Waals surface area contributed by atoms with E-state index < -0.39 is 0 Å². The van der Waals surface area contributed by atoms with E-state index in [9.17, 15) is 4.79 Å². The van der Waals surface area contributed by atoms with E-state index in [4.69, 9.17) is 4.74 Å². The lowest BCUT2D eigenvalue weighted by atomic mass is 9.99. The van der Waals surface area contributed by atoms with E-state index in [0.29, 0.717) is 12.1 Å². The van der Waals surface area contributed by atoms with Crippen molar-refractivity contribution in [3.8, 4) is 5.75 Å². The molecule has 0 spiro atoms. The fourth-order valence-electron chi connectivity index (χ4n) is 4.03. The molecule has 0 aromatic heterocycles. The van der Waals surface area contributed by atoms with Crippen LogP contribution in [0.2, 0.25) is 0 Å². The highest BCUT2D eigenvalue weighted by Gasteiger charge is 2.28. The van der Waals surface area contributed by atoms with E-state index in [1.807, 2.05) is 31.3 Å². The summed E-state index contributed by atoms with van der Waals surface area (Å²) in [7, 11) is 4.09. The number of carbonyl (C=O) groups is 1. The Labute approximate surface area is 187 Å². The normalized spacial score (nSPS) is 19.1. The van der Waals surface area contributed by atoms with Gasteiger partial charge in [-0.05, 0) is 71.1 Å². The molecule has 0 saturated carbocycles. The summed E-state index contributed by atoms with van der Waals surface area (Å²) in [6.07, 6.45) is 4.94. The van der Waals surface area contributed by atoms with Crippen LogP contribution in [0.15, 0.2) is 24.3 Å². The van der Waals surface area contributed by atoms with Gasteiger partial charge < -0.3 is 25.2 Å². The quantitative estimate of drug-likeness (QED) is 0.629. The third-order valence-corrected chi connectivity index (χ3v) is 5.74. The number of hydrogen-bond acceptors (Lipinski definition) is 5. The predicted octanol–water partition coefficient (Wildman–Crippen LogP) is 2.42. The van der Waals surface area contributed by atoms with Crippen LogP contribution in [0.1, 0.15) is 36.0 Å². The summed E-state index contributed by atoms with van der Waals surface area (Å²) in [5.74, 6) is 0.752. The molecule has 2 aliphatic rings. The van der Waals surface area contributed by atoms with Crippen molar-refractivity contribution in [2.24, 2.45) is 0 Å². The zero-order valence-electron chi connectivity index (χ0n) is 17.6. The number of ether oxygens (including phenoxy) is 1. The molecule has 29 heavy (non-hydrogen) atoms. The van der Waals surface area contributed by atoms with Crippen LogP contribution < -0.4 is 15.4 Å². The monoisotopic (exact) mass is 446 g/mol. The van der Waals surface area contributed by atoms with Crippen molar-refractivity contribution in [1.82, 2.24) is 20.4 Å². The standard InChI is InChI=1S/C21H34N4O2.2ClH/c1-22-10-11-23-21(26)17-4-3-5-20(16-17)27-19-8-14-25(15-9-19)18-6-12-24(2)13-7-18;;/h3-5,16,18-19,22H,6-15H2,1-2H3,(H,23,26);2*1H. The van der Waals surface area contributed by atoms with Gasteiger partial charge >= 0.3 is 0 Å². The number of nitrogens with zero attached hydrogens (tertiary/aromatic N) is 2. The lowest BCUT2D eigenvalue weighted by molar-refractivity contribution is 0.0525. The Kier molecular flexibility index (Phi) is 11.9. The lowest BCUT2D eigenvalue weighted by Gasteiger charge is -2.41. The summed E-state index contributed by atoms with van der Waals surface area (Å²) in [5, 5.41) is 5.93. The number of hydrogen-bond donors (Lipinski definition) is 2. The SMILES string of the molecule is CNCCNC(=O)c1cccc(OC2CCN(C3CCN(C)CC3)CC2)c1.Cl.Cl. The maximum absolute atomic E-state index is 12.2.